The zero-order valence-electron chi connectivity index (χ0n) is 13.2. The Morgan fingerprint density at radius 1 is 1.46 bits per heavy atom. The summed E-state index contributed by atoms with van der Waals surface area (Å²) in [6.07, 6.45) is 4.07. The summed E-state index contributed by atoms with van der Waals surface area (Å²) in [6.45, 7) is 2.74. The van der Waals surface area contributed by atoms with Crippen molar-refractivity contribution in [3.8, 4) is 0 Å². The Morgan fingerprint density at radius 3 is 2.92 bits per heavy atom. The molecule has 1 aromatic carbocycles. The Balaban J connectivity index is 2.22. The number of Topliss-reactive ketones (excluding diaryl/α,β-unsaturated/α-hetero) is 1. The van der Waals surface area contributed by atoms with Crippen LogP contribution in [-0.4, -0.2) is 36.0 Å². The van der Waals surface area contributed by atoms with Crippen molar-refractivity contribution in [2.24, 2.45) is 4.99 Å². The molecule has 0 saturated carbocycles. The molecule has 7 heteroatoms. The van der Waals surface area contributed by atoms with Crippen molar-refractivity contribution in [3.05, 3.63) is 35.2 Å². The summed E-state index contributed by atoms with van der Waals surface area (Å²) in [5.74, 6) is -1.73. The number of aliphatic imine (C=N–C) groups is 1. The third-order valence-corrected chi connectivity index (χ3v) is 4.18. The van der Waals surface area contributed by atoms with Crippen molar-refractivity contribution >= 4 is 35.8 Å². The lowest BCUT2D eigenvalue weighted by molar-refractivity contribution is -0.136. The summed E-state index contributed by atoms with van der Waals surface area (Å²) < 4.78 is 0. The number of carbonyl (C=O) groups is 3. The molecule has 1 unspecified atom stereocenters. The number of hydrogen-bond acceptors (Lipinski definition) is 5. The van der Waals surface area contributed by atoms with Crippen LogP contribution in [0, 0.1) is 0 Å². The fraction of sp³-hybridized carbons (Fsp3) is 0.294. The van der Waals surface area contributed by atoms with Crippen molar-refractivity contribution in [3.63, 3.8) is 0 Å². The van der Waals surface area contributed by atoms with Gasteiger partial charge in [0.2, 0.25) is 6.41 Å². The van der Waals surface area contributed by atoms with Crippen LogP contribution >= 0.6 is 0 Å². The van der Waals surface area contributed by atoms with E-state index in [0.29, 0.717) is 29.8 Å². The Bertz CT molecular complexity index is 782. The average Bonchev–Trinajstić information content (AvgIpc) is 2.85. The van der Waals surface area contributed by atoms with E-state index in [-0.39, 0.29) is 12.2 Å². The first-order valence-electron chi connectivity index (χ1n) is 7.70. The highest BCUT2D eigenvalue weighted by Gasteiger charge is 2.41. The molecule has 0 bridgehead atoms. The van der Waals surface area contributed by atoms with Gasteiger partial charge in [-0.15, -0.1) is 0 Å². The molecule has 2 N–H and O–H groups in total. The van der Waals surface area contributed by atoms with Gasteiger partial charge in [-0.05, 0) is 18.1 Å². The van der Waals surface area contributed by atoms with E-state index in [0.717, 1.165) is 17.8 Å². The maximum Gasteiger partial charge on any atom is 0.307 e. The second kappa shape index (κ2) is 6.27. The summed E-state index contributed by atoms with van der Waals surface area (Å²) in [5.41, 5.74) is 3.10. The van der Waals surface area contributed by atoms with Gasteiger partial charge < -0.3 is 15.3 Å². The minimum absolute atomic E-state index is 0.172. The van der Waals surface area contributed by atoms with Gasteiger partial charge in [-0.1, -0.05) is 13.0 Å². The third-order valence-electron chi connectivity index (χ3n) is 4.18. The number of hydrogen-bond donors (Lipinski definition) is 2. The van der Waals surface area contributed by atoms with Gasteiger partial charge in [-0.2, -0.15) is 0 Å². The van der Waals surface area contributed by atoms with Gasteiger partial charge in [0.1, 0.15) is 0 Å². The van der Waals surface area contributed by atoms with Crippen molar-refractivity contribution < 1.29 is 19.5 Å². The number of benzene rings is 1. The van der Waals surface area contributed by atoms with Crippen LogP contribution in [0.2, 0.25) is 0 Å². The van der Waals surface area contributed by atoms with E-state index in [4.69, 9.17) is 5.11 Å². The number of amides is 1. The highest BCUT2D eigenvalue weighted by Crippen LogP contribution is 2.49. The average molecular weight is 327 g/mol. The number of rotatable bonds is 6. The number of aliphatic carboxylic acids is 1. The van der Waals surface area contributed by atoms with Crippen LogP contribution in [0.25, 0.3) is 0 Å². The lowest BCUT2D eigenvalue weighted by atomic mass is 9.90. The molecule has 2 heterocycles. The highest BCUT2D eigenvalue weighted by molar-refractivity contribution is 6.33. The highest BCUT2D eigenvalue weighted by atomic mass is 16.4. The fourth-order valence-electron chi connectivity index (χ4n) is 3.33. The van der Waals surface area contributed by atoms with Crippen molar-refractivity contribution in [1.82, 2.24) is 0 Å². The van der Waals surface area contributed by atoms with Gasteiger partial charge in [0.15, 0.2) is 5.78 Å². The molecule has 0 aliphatic carbocycles. The fourth-order valence-corrected chi connectivity index (χ4v) is 3.33. The van der Waals surface area contributed by atoms with Crippen LogP contribution < -0.4 is 10.2 Å². The molecule has 7 nitrogen and oxygen atoms in total. The van der Waals surface area contributed by atoms with Crippen molar-refractivity contribution in [2.45, 2.75) is 25.7 Å². The molecule has 3 rings (SSSR count). The number of allylic oxidation sites excluding steroid dienone is 1. The zero-order chi connectivity index (χ0) is 17.3. The van der Waals surface area contributed by atoms with E-state index in [9.17, 15) is 14.4 Å². The number of fused-ring (bicyclic) bond motifs is 3. The second-order valence-corrected chi connectivity index (χ2v) is 5.68. The first-order valence-corrected chi connectivity index (χ1v) is 7.70. The van der Waals surface area contributed by atoms with Crippen molar-refractivity contribution in [1.29, 1.82) is 0 Å². The van der Waals surface area contributed by atoms with Crippen LogP contribution in [0.5, 0.6) is 0 Å². The molecule has 1 amide bonds. The first-order chi connectivity index (χ1) is 11.6. The third kappa shape index (κ3) is 2.47. The lowest BCUT2D eigenvalue weighted by Gasteiger charge is -2.22. The van der Waals surface area contributed by atoms with Crippen LogP contribution in [-0.2, 0) is 20.8 Å². The summed E-state index contributed by atoms with van der Waals surface area (Å²) in [7, 11) is 0. The van der Waals surface area contributed by atoms with Crippen LogP contribution in [0.3, 0.4) is 0 Å². The number of anilines is 2. The van der Waals surface area contributed by atoms with Crippen LogP contribution in [0.4, 0.5) is 11.4 Å². The van der Waals surface area contributed by atoms with E-state index in [1.165, 1.54) is 6.21 Å². The van der Waals surface area contributed by atoms with Gasteiger partial charge >= 0.3 is 5.97 Å². The Labute approximate surface area is 138 Å². The molecule has 0 fully saturated rings. The van der Waals surface area contributed by atoms with Gasteiger partial charge in [-0.3, -0.25) is 19.4 Å². The Kier molecular flexibility index (Phi) is 4.16. The number of carboxylic acids is 1. The van der Waals surface area contributed by atoms with E-state index >= 15 is 0 Å². The molecule has 0 radical (unpaired) electrons. The predicted molar refractivity (Wildman–Crippen MR) is 89.4 cm³/mol. The van der Waals surface area contributed by atoms with Gasteiger partial charge in [0, 0.05) is 24.0 Å². The predicted octanol–water partition coefficient (Wildman–Crippen LogP) is 1.69. The Hall–Kier alpha value is -2.96. The summed E-state index contributed by atoms with van der Waals surface area (Å²) in [4.78, 5) is 40.6. The zero-order valence-corrected chi connectivity index (χ0v) is 13.2. The quantitative estimate of drug-likeness (QED) is 0.775. The number of ketones is 1. The summed E-state index contributed by atoms with van der Waals surface area (Å²) in [5, 5.41) is 11.7. The van der Waals surface area contributed by atoms with Gasteiger partial charge in [0.05, 0.1) is 29.9 Å². The molecule has 1 aromatic rings. The van der Waals surface area contributed by atoms with Gasteiger partial charge in [-0.25, -0.2) is 0 Å². The normalized spacial score (nSPS) is 18.0. The number of carboxylic acid groups (broad SMARTS) is 1. The lowest BCUT2D eigenvalue weighted by Crippen LogP contribution is -2.25. The standard InChI is InChI=1S/C17H17N3O4/c1-2-5-20-11-4-3-10(6-14(23)24)17(19-9-21)16(11)15-12(20)7-18-8-13(15)22/h3-4,7-9,15H,2,5-6H2,1H3,(H,19,21)(H,23,24). The molecule has 24 heavy (non-hydrogen) atoms. The molecular weight excluding hydrogens is 310 g/mol. The summed E-state index contributed by atoms with van der Waals surface area (Å²) >= 11 is 0. The molecule has 0 spiro atoms. The largest absolute Gasteiger partial charge is 0.481 e. The molecular formula is C17H17N3O4. The minimum Gasteiger partial charge on any atom is -0.481 e. The monoisotopic (exact) mass is 327 g/mol. The summed E-state index contributed by atoms with van der Waals surface area (Å²) in [6, 6.07) is 3.50. The number of carbonyl (C=O) groups excluding carboxylic acids is 2. The topological polar surface area (TPSA) is 99.1 Å². The minimum atomic E-state index is -1.00. The van der Waals surface area contributed by atoms with E-state index < -0.39 is 11.9 Å². The molecule has 2 aliphatic heterocycles. The van der Waals surface area contributed by atoms with Crippen LogP contribution in [0.15, 0.2) is 29.0 Å². The van der Waals surface area contributed by atoms with E-state index in [2.05, 4.69) is 10.3 Å². The molecule has 0 aromatic heterocycles. The maximum absolute atomic E-state index is 12.4. The maximum atomic E-state index is 12.4. The molecule has 2 aliphatic rings. The van der Waals surface area contributed by atoms with Gasteiger partial charge in [0.25, 0.3) is 0 Å². The van der Waals surface area contributed by atoms with E-state index in [1.54, 1.807) is 12.3 Å². The number of nitrogens with zero attached hydrogens (tertiary/aromatic N) is 2. The molecule has 0 saturated heterocycles. The van der Waals surface area contributed by atoms with Crippen LogP contribution in [0.1, 0.15) is 30.4 Å². The Morgan fingerprint density at radius 2 is 2.25 bits per heavy atom. The SMILES string of the molecule is CCCN1C2=CN=CC(=O)C2c2c1ccc(CC(=O)O)c2NC=O. The molecule has 1 atom stereocenters. The second-order valence-electron chi connectivity index (χ2n) is 5.68. The van der Waals surface area contributed by atoms with Crippen molar-refractivity contribution in [2.75, 3.05) is 16.8 Å². The number of nitrogens with one attached hydrogen (secondary N) is 1. The first kappa shape index (κ1) is 15.9. The molecule has 124 valence electrons. The smallest absolute Gasteiger partial charge is 0.307 e. The van der Waals surface area contributed by atoms with E-state index in [1.807, 2.05) is 17.9 Å².